The van der Waals surface area contributed by atoms with Crippen LogP contribution in [0.25, 0.3) is 0 Å². The Morgan fingerprint density at radius 2 is 2.00 bits per heavy atom. The van der Waals surface area contributed by atoms with Gasteiger partial charge in [-0.15, -0.1) is 0 Å². The van der Waals surface area contributed by atoms with Crippen LogP contribution in [-0.2, 0) is 19.1 Å². The summed E-state index contributed by atoms with van der Waals surface area (Å²) >= 11 is 5.64. The summed E-state index contributed by atoms with van der Waals surface area (Å²) in [6.45, 7) is 0.679. The van der Waals surface area contributed by atoms with Crippen LogP contribution >= 0.6 is 11.6 Å². The molecule has 0 spiro atoms. The highest BCUT2D eigenvalue weighted by atomic mass is 35.5. The van der Waals surface area contributed by atoms with Crippen LogP contribution in [0.5, 0.6) is 0 Å². The van der Waals surface area contributed by atoms with E-state index in [9.17, 15) is 22.8 Å². The van der Waals surface area contributed by atoms with Crippen molar-refractivity contribution in [1.82, 2.24) is 9.88 Å². The van der Waals surface area contributed by atoms with Gasteiger partial charge in [-0.25, -0.2) is 4.79 Å². The summed E-state index contributed by atoms with van der Waals surface area (Å²) in [5.41, 5.74) is 0.658. The zero-order chi connectivity index (χ0) is 18.2. The van der Waals surface area contributed by atoms with Crippen LogP contribution in [0.2, 0.25) is 5.02 Å². The maximum absolute atomic E-state index is 12.7. The van der Waals surface area contributed by atoms with Crippen LogP contribution in [0.4, 0.5) is 23.7 Å². The number of carbonyl (C=O) groups is 1. The summed E-state index contributed by atoms with van der Waals surface area (Å²) in [6, 6.07) is 3.99. The molecule has 132 valence electrons. The van der Waals surface area contributed by atoms with E-state index in [1.54, 1.807) is 6.20 Å². The van der Waals surface area contributed by atoms with Gasteiger partial charge in [-0.3, -0.25) is 4.79 Å². The predicted octanol–water partition coefficient (Wildman–Crippen LogP) is 3.64. The summed E-state index contributed by atoms with van der Waals surface area (Å²) in [5.74, 6) is 0. The Bertz CT molecular complexity index is 880. The number of urea groups is 1. The Kier molecular flexibility index (Phi) is 4.47. The SMILES string of the molecule is O=C(Nc1ccc(C(F)(F)F)c(Cl)c1)N1CCc2c[nH]c(=O)cc2C1. The lowest BCUT2D eigenvalue weighted by atomic mass is 10.0. The smallest absolute Gasteiger partial charge is 0.329 e. The number of carbonyl (C=O) groups excluding carboxylic acids is 1. The van der Waals surface area contributed by atoms with Gasteiger partial charge in [-0.2, -0.15) is 13.2 Å². The molecular weight excluding hydrogens is 359 g/mol. The summed E-state index contributed by atoms with van der Waals surface area (Å²) in [4.78, 5) is 27.8. The van der Waals surface area contributed by atoms with Crippen LogP contribution in [0.1, 0.15) is 16.7 Å². The third-order valence-corrected chi connectivity index (χ3v) is 4.24. The fourth-order valence-corrected chi connectivity index (χ4v) is 2.95. The molecule has 2 amide bonds. The van der Waals surface area contributed by atoms with Crippen LogP contribution in [0, 0.1) is 0 Å². The highest BCUT2D eigenvalue weighted by molar-refractivity contribution is 6.31. The van der Waals surface area contributed by atoms with Crippen molar-refractivity contribution in [2.45, 2.75) is 19.1 Å². The van der Waals surface area contributed by atoms with Crippen LogP contribution in [0.3, 0.4) is 0 Å². The topological polar surface area (TPSA) is 65.2 Å². The molecule has 1 aromatic carbocycles. The molecule has 1 aliphatic heterocycles. The van der Waals surface area contributed by atoms with Gasteiger partial charge in [0.05, 0.1) is 10.6 Å². The van der Waals surface area contributed by atoms with Gasteiger partial charge in [-0.05, 0) is 35.7 Å². The number of anilines is 1. The molecule has 1 aliphatic rings. The van der Waals surface area contributed by atoms with Gasteiger partial charge in [0.1, 0.15) is 0 Å². The van der Waals surface area contributed by atoms with Gasteiger partial charge in [0.25, 0.3) is 0 Å². The molecule has 9 heteroatoms. The van der Waals surface area contributed by atoms with E-state index in [0.717, 1.165) is 29.3 Å². The highest BCUT2D eigenvalue weighted by Crippen LogP contribution is 2.35. The number of nitrogens with zero attached hydrogens (tertiary/aromatic N) is 1. The van der Waals surface area contributed by atoms with E-state index in [-0.39, 0.29) is 17.8 Å². The Labute approximate surface area is 145 Å². The second-order valence-corrected chi connectivity index (χ2v) is 6.05. The number of hydrogen-bond donors (Lipinski definition) is 2. The standard InChI is InChI=1S/C16H13ClF3N3O2/c17-13-6-11(1-2-12(13)16(18,19)20)22-15(25)23-4-3-9-7-21-14(24)5-10(9)8-23/h1-2,5-7H,3-4,8H2,(H,21,24)(H,22,25). The van der Waals surface area contributed by atoms with Crippen molar-refractivity contribution >= 4 is 23.3 Å². The second-order valence-electron chi connectivity index (χ2n) is 5.64. The van der Waals surface area contributed by atoms with E-state index in [1.807, 2.05) is 0 Å². The number of aromatic nitrogens is 1. The maximum atomic E-state index is 12.7. The molecule has 0 saturated heterocycles. The first-order chi connectivity index (χ1) is 11.7. The number of aromatic amines is 1. The molecule has 3 rings (SSSR count). The van der Waals surface area contributed by atoms with Gasteiger partial charge in [0, 0.05) is 31.0 Å². The summed E-state index contributed by atoms with van der Waals surface area (Å²) < 4.78 is 38.1. The average molecular weight is 372 g/mol. The molecule has 5 nitrogen and oxygen atoms in total. The Morgan fingerprint density at radius 1 is 1.24 bits per heavy atom. The summed E-state index contributed by atoms with van der Waals surface area (Å²) in [7, 11) is 0. The van der Waals surface area contributed by atoms with Gasteiger partial charge in [0.2, 0.25) is 5.56 Å². The van der Waals surface area contributed by atoms with Crippen molar-refractivity contribution in [3.05, 3.63) is 62.5 Å². The molecule has 2 heterocycles. The normalized spacial score (nSPS) is 14.2. The molecule has 0 atom stereocenters. The van der Waals surface area contributed by atoms with Crippen molar-refractivity contribution in [3.8, 4) is 0 Å². The van der Waals surface area contributed by atoms with Gasteiger partial charge in [0.15, 0.2) is 0 Å². The quantitative estimate of drug-likeness (QED) is 0.803. The third-order valence-electron chi connectivity index (χ3n) is 3.93. The maximum Gasteiger partial charge on any atom is 0.417 e. The molecular formula is C16H13ClF3N3O2. The van der Waals surface area contributed by atoms with Gasteiger partial charge < -0.3 is 15.2 Å². The second kappa shape index (κ2) is 6.44. The third kappa shape index (κ3) is 3.79. The van der Waals surface area contributed by atoms with Gasteiger partial charge >= 0.3 is 12.2 Å². The zero-order valence-corrected chi connectivity index (χ0v) is 13.5. The Morgan fingerprint density at radius 3 is 2.68 bits per heavy atom. The number of rotatable bonds is 1. The Hall–Kier alpha value is -2.48. The minimum absolute atomic E-state index is 0.166. The molecule has 0 saturated carbocycles. The fourth-order valence-electron chi connectivity index (χ4n) is 2.66. The number of pyridine rings is 1. The number of hydrogen-bond acceptors (Lipinski definition) is 2. The molecule has 0 bridgehead atoms. The number of benzene rings is 1. The summed E-state index contributed by atoms with van der Waals surface area (Å²) in [6.07, 6.45) is -2.35. The Balaban J connectivity index is 1.73. The first kappa shape index (κ1) is 17.3. The highest BCUT2D eigenvalue weighted by Gasteiger charge is 2.33. The lowest BCUT2D eigenvalue weighted by molar-refractivity contribution is -0.137. The first-order valence-electron chi connectivity index (χ1n) is 7.37. The number of fused-ring (bicyclic) bond motifs is 1. The van der Waals surface area contributed by atoms with Crippen molar-refractivity contribution in [2.24, 2.45) is 0 Å². The lowest BCUT2D eigenvalue weighted by Gasteiger charge is -2.28. The number of amides is 2. The number of halogens is 4. The molecule has 2 N–H and O–H groups in total. The van der Waals surface area contributed by atoms with E-state index in [4.69, 9.17) is 11.6 Å². The van der Waals surface area contributed by atoms with E-state index < -0.39 is 22.8 Å². The van der Waals surface area contributed by atoms with E-state index in [1.165, 1.54) is 11.0 Å². The molecule has 25 heavy (non-hydrogen) atoms. The van der Waals surface area contributed by atoms with E-state index in [2.05, 4.69) is 10.3 Å². The largest absolute Gasteiger partial charge is 0.417 e. The molecule has 0 radical (unpaired) electrons. The van der Waals surface area contributed by atoms with Crippen molar-refractivity contribution in [3.63, 3.8) is 0 Å². The van der Waals surface area contributed by atoms with Crippen molar-refractivity contribution in [2.75, 3.05) is 11.9 Å². The van der Waals surface area contributed by atoms with E-state index >= 15 is 0 Å². The van der Waals surface area contributed by atoms with Crippen LogP contribution < -0.4 is 10.9 Å². The minimum atomic E-state index is -4.55. The van der Waals surface area contributed by atoms with Gasteiger partial charge in [-0.1, -0.05) is 11.6 Å². The molecule has 0 aliphatic carbocycles. The van der Waals surface area contributed by atoms with Crippen LogP contribution in [-0.4, -0.2) is 22.5 Å². The number of H-pyrrole nitrogens is 1. The average Bonchev–Trinajstić information content (AvgIpc) is 2.52. The monoisotopic (exact) mass is 371 g/mol. The molecule has 1 aromatic heterocycles. The predicted molar refractivity (Wildman–Crippen MR) is 86.6 cm³/mol. The molecule has 2 aromatic rings. The molecule has 0 unspecified atom stereocenters. The van der Waals surface area contributed by atoms with E-state index in [0.29, 0.717) is 13.0 Å². The van der Waals surface area contributed by atoms with Crippen molar-refractivity contribution < 1.29 is 18.0 Å². The number of nitrogens with one attached hydrogen (secondary N) is 2. The molecule has 0 fully saturated rings. The first-order valence-corrected chi connectivity index (χ1v) is 7.75. The zero-order valence-electron chi connectivity index (χ0n) is 12.8. The van der Waals surface area contributed by atoms with Crippen molar-refractivity contribution in [1.29, 1.82) is 0 Å². The minimum Gasteiger partial charge on any atom is -0.329 e. The number of alkyl halides is 3. The lowest BCUT2D eigenvalue weighted by Crippen LogP contribution is -2.39. The fraction of sp³-hybridized carbons (Fsp3) is 0.250. The summed E-state index contributed by atoms with van der Waals surface area (Å²) in [5, 5.41) is 2.04. The van der Waals surface area contributed by atoms with Crippen LogP contribution in [0.15, 0.2) is 35.3 Å².